The highest BCUT2D eigenvalue weighted by Crippen LogP contribution is 2.53. The molecule has 7 heteroatoms. The molecule has 2 saturated heterocycles. The summed E-state index contributed by atoms with van der Waals surface area (Å²) in [7, 11) is 4.61. The quantitative estimate of drug-likeness (QED) is 0.628. The highest BCUT2D eigenvalue weighted by molar-refractivity contribution is 7.44. The van der Waals surface area contributed by atoms with Crippen LogP contribution in [0.25, 0.3) is 0 Å². The molecule has 2 radical (unpaired) electrons. The van der Waals surface area contributed by atoms with Gasteiger partial charge in [-0.25, -0.2) is 4.67 Å². The number of rotatable bonds is 3. The van der Waals surface area contributed by atoms with Crippen molar-refractivity contribution < 1.29 is 18.9 Å². The fraction of sp³-hybridized carbons (Fsp3) is 1.00. The summed E-state index contributed by atoms with van der Waals surface area (Å²) in [6.07, 6.45) is -0.715. The van der Waals surface area contributed by atoms with Gasteiger partial charge in [-0.05, 0) is 34.6 Å². The maximum atomic E-state index is 10.4. The summed E-state index contributed by atoms with van der Waals surface area (Å²) in [5.41, 5.74) is -1.17. The molecule has 2 rings (SSSR count). The van der Waals surface area contributed by atoms with Crippen LogP contribution < -0.4 is 0 Å². The summed E-state index contributed by atoms with van der Waals surface area (Å²) in [6, 6.07) is -0.111. The molecule has 0 aromatic heterocycles. The molecule has 0 bridgehead atoms. The van der Waals surface area contributed by atoms with Gasteiger partial charge in [0.05, 0.1) is 6.61 Å². The molecule has 1 unspecified atom stereocenters. The topological polar surface area (TPSA) is 51.2 Å². The van der Waals surface area contributed by atoms with E-state index >= 15 is 0 Å². The Morgan fingerprint density at radius 1 is 1.32 bits per heavy atom. The maximum Gasteiger partial charge on any atom is 0.259 e. The van der Waals surface area contributed by atoms with E-state index in [-0.39, 0.29) is 6.10 Å². The van der Waals surface area contributed by atoms with E-state index < -0.39 is 26.2 Å². The zero-order valence-corrected chi connectivity index (χ0v) is 13.1. The second kappa shape index (κ2) is 5.59. The van der Waals surface area contributed by atoms with Gasteiger partial charge in [-0.15, -0.1) is 0 Å². The van der Waals surface area contributed by atoms with E-state index in [4.69, 9.17) is 21.6 Å². The van der Waals surface area contributed by atoms with Crippen molar-refractivity contribution in [2.24, 2.45) is 0 Å². The Morgan fingerprint density at radius 2 is 1.89 bits per heavy atom. The molecule has 5 atom stereocenters. The molecule has 108 valence electrons. The molecule has 2 aliphatic heterocycles. The van der Waals surface area contributed by atoms with Crippen molar-refractivity contribution in [3.8, 4) is 0 Å². The smallest absolute Gasteiger partial charge is 0.259 e. The number of hydrogen-bond acceptors (Lipinski definition) is 5. The van der Waals surface area contributed by atoms with Crippen molar-refractivity contribution in [1.29, 1.82) is 0 Å². The Kier molecular flexibility index (Phi) is 4.61. The lowest BCUT2D eigenvalue weighted by Crippen LogP contribution is -2.50. The highest BCUT2D eigenvalue weighted by Gasteiger charge is 2.55. The lowest BCUT2D eigenvalue weighted by Gasteiger charge is -2.42. The number of ether oxygens (including phenoxy) is 1. The van der Waals surface area contributed by atoms with Gasteiger partial charge in [0.2, 0.25) is 0 Å². The van der Waals surface area contributed by atoms with Crippen LogP contribution in [0.5, 0.6) is 0 Å². The molecule has 2 fully saturated rings. The van der Waals surface area contributed by atoms with E-state index in [0.29, 0.717) is 18.7 Å². The van der Waals surface area contributed by atoms with Crippen LogP contribution >= 0.6 is 8.53 Å². The third-order valence-corrected chi connectivity index (χ3v) is 5.69. The van der Waals surface area contributed by atoms with E-state index in [1.165, 1.54) is 0 Å². The lowest BCUT2D eigenvalue weighted by atomic mass is 9.82. The lowest BCUT2D eigenvalue weighted by molar-refractivity contribution is -0.0581. The van der Waals surface area contributed by atoms with E-state index in [1.54, 1.807) is 6.92 Å². The molecule has 2 aliphatic rings. The third kappa shape index (κ3) is 2.85. The van der Waals surface area contributed by atoms with Crippen LogP contribution in [0.3, 0.4) is 0 Å². The standard InChI is InChI=1S/C12H23BNO4P/c1-7(2)14(8(3)4)19-16-6-9-10(18-19)12(5,15)11(13)17-9/h7-11,15H,6H2,1-5H3/t9-,10-,11-,12-,19?/m1/s1. The normalized spacial score (nSPS) is 43.2. The predicted octanol–water partition coefficient (Wildman–Crippen LogP) is 1.39. The van der Waals surface area contributed by atoms with Gasteiger partial charge >= 0.3 is 0 Å². The molecule has 0 aliphatic carbocycles. The van der Waals surface area contributed by atoms with Crippen LogP contribution in [0.4, 0.5) is 0 Å². The van der Waals surface area contributed by atoms with Crippen LogP contribution in [-0.2, 0) is 13.8 Å². The van der Waals surface area contributed by atoms with Gasteiger partial charge in [0.25, 0.3) is 8.53 Å². The van der Waals surface area contributed by atoms with Gasteiger partial charge in [-0.1, -0.05) is 0 Å². The molecule has 0 aromatic rings. The van der Waals surface area contributed by atoms with Crippen molar-refractivity contribution in [1.82, 2.24) is 4.67 Å². The summed E-state index contributed by atoms with van der Waals surface area (Å²) in [5, 5.41) is 10.4. The molecule has 0 spiro atoms. The average molecular weight is 287 g/mol. The largest absolute Gasteiger partial charge is 0.385 e. The average Bonchev–Trinajstić information content (AvgIpc) is 2.50. The second-order valence-corrected chi connectivity index (χ2v) is 7.35. The Balaban J connectivity index is 2.12. The first kappa shape index (κ1) is 15.7. The van der Waals surface area contributed by atoms with Gasteiger partial charge in [0, 0.05) is 18.1 Å². The first-order valence-corrected chi connectivity index (χ1v) is 7.89. The molecule has 1 N–H and O–H groups in total. The van der Waals surface area contributed by atoms with Crippen molar-refractivity contribution in [2.75, 3.05) is 6.61 Å². The molecule has 0 saturated carbocycles. The Hall–Kier alpha value is 0.295. The summed E-state index contributed by atoms with van der Waals surface area (Å²) in [6.45, 7) is 10.5. The molecule has 0 aromatic carbocycles. The summed E-state index contributed by atoms with van der Waals surface area (Å²) < 4.78 is 19.5. The highest BCUT2D eigenvalue weighted by atomic mass is 31.2. The number of nitrogens with zero attached hydrogens (tertiary/aromatic N) is 1. The number of hydrogen-bond donors (Lipinski definition) is 1. The van der Waals surface area contributed by atoms with Crippen molar-refractivity contribution in [2.45, 2.75) is 70.5 Å². The molecule has 5 nitrogen and oxygen atoms in total. The minimum absolute atomic E-state index is 0.287. The number of aliphatic hydroxyl groups is 1. The van der Waals surface area contributed by atoms with Crippen molar-refractivity contribution in [3.05, 3.63) is 0 Å². The Labute approximate surface area is 118 Å². The zero-order valence-electron chi connectivity index (χ0n) is 12.2. The first-order valence-electron chi connectivity index (χ1n) is 6.76. The SMILES string of the molecule is [B][C@@H]1O[C@@H]2COP(N(C(C)C)C(C)C)O[C@H]2[C@@]1(C)O. The van der Waals surface area contributed by atoms with Crippen LogP contribution in [0, 0.1) is 0 Å². The minimum atomic E-state index is -1.19. The Morgan fingerprint density at radius 3 is 2.42 bits per heavy atom. The number of fused-ring (bicyclic) bond motifs is 1. The van der Waals surface area contributed by atoms with Gasteiger partial charge in [-0.2, -0.15) is 0 Å². The molecule has 19 heavy (non-hydrogen) atoms. The zero-order chi connectivity index (χ0) is 14.4. The first-order chi connectivity index (χ1) is 8.75. The van der Waals surface area contributed by atoms with Gasteiger partial charge in [0.15, 0.2) is 0 Å². The molecule has 2 heterocycles. The van der Waals surface area contributed by atoms with Gasteiger partial charge < -0.3 is 18.9 Å². The maximum absolute atomic E-state index is 10.4. The van der Waals surface area contributed by atoms with Gasteiger partial charge in [-0.3, -0.25) is 0 Å². The monoisotopic (exact) mass is 287 g/mol. The Bertz CT molecular complexity index is 321. The van der Waals surface area contributed by atoms with Crippen molar-refractivity contribution in [3.63, 3.8) is 0 Å². The summed E-state index contributed by atoms with van der Waals surface area (Å²) >= 11 is 0. The third-order valence-electron chi connectivity index (χ3n) is 3.61. The van der Waals surface area contributed by atoms with Crippen LogP contribution in [-0.4, -0.2) is 60.1 Å². The summed E-state index contributed by atoms with van der Waals surface area (Å²) in [4.78, 5) is 0. The van der Waals surface area contributed by atoms with E-state index in [2.05, 4.69) is 32.4 Å². The predicted molar refractivity (Wildman–Crippen MR) is 74.9 cm³/mol. The van der Waals surface area contributed by atoms with Gasteiger partial charge in [0.1, 0.15) is 25.7 Å². The van der Waals surface area contributed by atoms with Crippen LogP contribution in [0.2, 0.25) is 0 Å². The van der Waals surface area contributed by atoms with Crippen LogP contribution in [0.15, 0.2) is 0 Å². The minimum Gasteiger partial charge on any atom is -0.385 e. The van der Waals surface area contributed by atoms with Crippen LogP contribution in [0.1, 0.15) is 34.6 Å². The molecular weight excluding hydrogens is 264 g/mol. The van der Waals surface area contributed by atoms with E-state index in [0.717, 1.165) is 0 Å². The molecular formula is C12H23BNO4P. The van der Waals surface area contributed by atoms with E-state index in [9.17, 15) is 5.11 Å². The van der Waals surface area contributed by atoms with Crippen molar-refractivity contribution >= 4 is 16.4 Å². The fourth-order valence-electron chi connectivity index (χ4n) is 2.60. The fourth-order valence-corrected chi connectivity index (χ4v) is 4.47. The second-order valence-electron chi connectivity index (χ2n) is 5.95. The summed E-state index contributed by atoms with van der Waals surface area (Å²) in [5.74, 6) is 0. The molecule has 0 amide bonds. The van der Waals surface area contributed by atoms with E-state index in [1.807, 2.05) is 0 Å².